The molecule has 16 heavy (non-hydrogen) atoms. The van der Waals surface area contributed by atoms with Crippen molar-refractivity contribution in [3.05, 3.63) is 23.6 Å². The third-order valence-electron chi connectivity index (χ3n) is 2.91. The molecule has 0 aliphatic heterocycles. The second-order valence-electron chi connectivity index (χ2n) is 4.74. The van der Waals surface area contributed by atoms with E-state index >= 15 is 0 Å². The van der Waals surface area contributed by atoms with Gasteiger partial charge in [-0.15, -0.1) is 0 Å². The normalized spacial score (nSPS) is 21.6. The molecule has 0 amide bonds. The van der Waals surface area contributed by atoms with Crippen LogP contribution in [-0.2, 0) is 0 Å². The first kappa shape index (κ1) is 10.9. The van der Waals surface area contributed by atoms with Crippen LogP contribution in [0.25, 0.3) is 0 Å². The molecule has 1 aliphatic rings. The average molecular weight is 224 g/mol. The van der Waals surface area contributed by atoms with Gasteiger partial charge in [0.25, 0.3) is 0 Å². The molecule has 0 saturated heterocycles. The van der Waals surface area contributed by atoms with Crippen LogP contribution in [0.2, 0.25) is 0 Å². The highest BCUT2D eigenvalue weighted by Crippen LogP contribution is 2.46. The van der Waals surface area contributed by atoms with Crippen molar-refractivity contribution in [2.75, 3.05) is 5.32 Å². The van der Waals surface area contributed by atoms with Gasteiger partial charge in [0, 0.05) is 6.04 Å². The number of carboxylic acids is 1. The van der Waals surface area contributed by atoms with Crippen LogP contribution in [0.4, 0.5) is 10.2 Å². The number of pyridine rings is 1. The second-order valence-corrected chi connectivity index (χ2v) is 4.74. The molecule has 1 fully saturated rings. The predicted molar refractivity (Wildman–Crippen MR) is 57.0 cm³/mol. The van der Waals surface area contributed by atoms with Gasteiger partial charge < -0.3 is 10.4 Å². The Bertz CT molecular complexity index is 446. The van der Waals surface area contributed by atoms with Gasteiger partial charge in [-0.3, -0.25) is 0 Å². The lowest BCUT2D eigenvalue weighted by molar-refractivity contribution is 0.0697. The summed E-state index contributed by atoms with van der Waals surface area (Å²) in [6.07, 6.45) is 1.98. The van der Waals surface area contributed by atoms with E-state index in [-0.39, 0.29) is 22.8 Å². The number of hydrogen-bond donors (Lipinski definition) is 2. The van der Waals surface area contributed by atoms with Crippen molar-refractivity contribution in [1.82, 2.24) is 4.98 Å². The number of nitrogens with one attached hydrogen (secondary N) is 1. The van der Waals surface area contributed by atoms with Gasteiger partial charge in [-0.2, -0.15) is 0 Å². The fraction of sp³-hybridized carbons (Fsp3) is 0.455. The molecule has 1 atom stereocenters. The van der Waals surface area contributed by atoms with E-state index in [1.807, 2.05) is 0 Å². The van der Waals surface area contributed by atoms with Crippen LogP contribution < -0.4 is 5.32 Å². The van der Waals surface area contributed by atoms with E-state index in [1.54, 1.807) is 0 Å². The smallest absolute Gasteiger partial charge is 0.339 e. The standard InChI is InChI=1S/C11H13FN2O2/c1-11(2)4-8(11)14-9-7(10(15)16)3-6(12)5-13-9/h3,5,8H,4H2,1-2H3,(H,13,14)(H,15,16). The van der Waals surface area contributed by atoms with Crippen molar-refractivity contribution < 1.29 is 14.3 Å². The van der Waals surface area contributed by atoms with Crippen molar-refractivity contribution >= 4 is 11.8 Å². The Hall–Kier alpha value is -1.65. The third-order valence-corrected chi connectivity index (χ3v) is 2.91. The number of aromatic carboxylic acids is 1. The van der Waals surface area contributed by atoms with E-state index in [9.17, 15) is 9.18 Å². The number of halogens is 1. The molecule has 1 aromatic heterocycles. The van der Waals surface area contributed by atoms with Crippen LogP contribution >= 0.6 is 0 Å². The van der Waals surface area contributed by atoms with E-state index in [4.69, 9.17) is 5.11 Å². The highest BCUT2D eigenvalue weighted by Gasteiger charge is 2.46. The van der Waals surface area contributed by atoms with Gasteiger partial charge in [0.15, 0.2) is 0 Å². The maximum absolute atomic E-state index is 12.9. The Labute approximate surface area is 92.5 Å². The van der Waals surface area contributed by atoms with Gasteiger partial charge in [0.1, 0.15) is 17.2 Å². The van der Waals surface area contributed by atoms with Crippen LogP contribution in [0.15, 0.2) is 12.3 Å². The number of hydrogen-bond acceptors (Lipinski definition) is 3. The molecule has 86 valence electrons. The Kier molecular flexibility index (Phi) is 2.33. The summed E-state index contributed by atoms with van der Waals surface area (Å²) in [6.45, 7) is 4.16. The van der Waals surface area contributed by atoms with Gasteiger partial charge in [-0.1, -0.05) is 13.8 Å². The Morgan fingerprint density at radius 1 is 1.69 bits per heavy atom. The molecule has 1 aliphatic carbocycles. The van der Waals surface area contributed by atoms with Crippen LogP contribution in [0, 0.1) is 11.2 Å². The van der Waals surface area contributed by atoms with Crippen LogP contribution in [-0.4, -0.2) is 22.1 Å². The maximum Gasteiger partial charge on any atom is 0.339 e. The van der Waals surface area contributed by atoms with Crippen molar-refractivity contribution in [1.29, 1.82) is 0 Å². The average Bonchev–Trinajstić information content (AvgIpc) is 2.76. The fourth-order valence-electron chi connectivity index (χ4n) is 1.60. The minimum absolute atomic E-state index is 0.122. The lowest BCUT2D eigenvalue weighted by atomic mass is 10.2. The van der Waals surface area contributed by atoms with Gasteiger partial charge in [-0.05, 0) is 17.9 Å². The SMILES string of the molecule is CC1(C)CC1Nc1ncc(F)cc1C(=O)O. The molecular weight excluding hydrogens is 211 g/mol. The molecule has 0 aromatic carbocycles. The van der Waals surface area contributed by atoms with E-state index in [0.29, 0.717) is 0 Å². The zero-order valence-electron chi connectivity index (χ0n) is 9.12. The van der Waals surface area contributed by atoms with Gasteiger partial charge in [0.2, 0.25) is 0 Å². The summed E-state index contributed by atoms with van der Waals surface area (Å²) >= 11 is 0. The van der Waals surface area contributed by atoms with Crippen molar-refractivity contribution in [3.63, 3.8) is 0 Å². The number of nitrogens with zero attached hydrogens (tertiary/aromatic N) is 1. The summed E-state index contributed by atoms with van der Waals surface area (Å²) in [6, 6.07) is 1.19. The summed E-state index contributed by atoms with van der Waals surface area (Å²) < 4.78 is 12.9. The number of aromatic nitrogens is 1. The minimum Gasteiger partial charge on any atom is -0.478 e. The van der Waals surface area contributed by atoms with E-state index in [0.717, 1.165) is 18.7 Å². The number of rotatable bonds is 3. The lowest BCUT2D eigenvalue weighted by Crippen LogP contribution is -2.14. The third kappa shape index (κ3) is 1.98. The summed E-state index contributed by atoms with van der Waals surface area (Å²) in [5, 5.41) is 11.9. The number of carboxylic acid groups (broad SMARTS) is 1. The molecule has 2 N–H and O–H groups in total. The van der Waals surface area contributed by atoms with Gasteiger partial charge in [-0.25, -0.2) is 14.2 Å². The molecule has 1 unspecified atom stereocenters. The van der Waals surface area contributed by atoms with Gasteiger partial charge in [0.05, 0.1) is 6.20 Å². The Morgan fingerprint density at radius 2 is 2.31 bits per heavy atom. The number of carbonyl (C=O) groups is 1. The van der Waals surface area contributed by atoms with Gasteiger partial charge >= 0.3 is 5.97 Å². The van der Waals surface area contributed by atoms with E-state index in [1.165, 1.54) is 0 Å². The van der Waals surface area contributed by atoms with Crippen LogP contribution in [0.3, 0.4) is 0 Å². The maximum atomic E-state index is 12.9. The molecule has 0 spiro atoms. The summed E-state index contributed by atoms with van der Waals surface area (Å²) in [4.78, 5) is 14.7. The predicted octanol–water partition coefficient (Wildman–Crippen LogP) is 2.13. The Morgan fingerprint density at radius 3 is 2.81 bits per heavy atom. The molecule has 0 bridgehead atoms. The molecular formula is C11H13FN2O2. The zero-order valence-corrected chi connectivity index (χ0v) is 9.12. The second kappa shape index (κ2) is 3.43. The molecule has 0 radical (unpaired) electrons. The first-order valence-corrected chi connectivity index (χ1v) is 5.05. The van der Waals surface area contributed by atoms with E-state index in [2.05, 4.69) is 24.1 Å². The molecule has 1 aromatic rings. The molecule has 1 saturated carbocycles. The topological polar surface area (TPSA) is 62.2 Å². The molecule has 1 heterocycles. The highest BCUT2D eigenvalue weighted by atomic mass is 19.1. The lowest BCUT2D eigenvalue weighted by Gasteiger charge is -2.09. The monoisotopic (exact) mass is 224 g/mol. The van der Waals surface area contributed by atoms with E-state index < -0.39 is 11.8 Å². The molecule has 2 rings (SSSR count). The number of anilines is 1. The quantitative estimate of drug-likeness (QED) is 0.825. The first-order chi connectivity index (χ1) is 7.40. The summed E-state index contributed by atoms with van der Waals surface area (Å²) in [5.41, 5.74) is 0.0361. The van der Waals surface area contributed by atoms with Crippen molar-refractivity contribution in [3.8, 4) is 0 Å². The largest absolute Gasteiger partial charge is 0.478 e. The van der Waals surface area contributed by atoms with Crippen LogP contribution in [0.1, 0.15) is 30.6 Å². The first-order valence-electron chi connectivity index (χ1n) is 5.05. The fourth-order valence-corrected chi connectivity index (χ4v) is 1.60. The zero-order chi connectivity index (χ0) is 11.9. The van der Waals surface area contributed by atoms with Crippen LogP contribution in [0.5, 0.6) is 0 Å². The minimum atomic E-state index is -1.17. The summed E-state index contributed by atoms with van der Waals surface area (Å²) in [7, 11) is 0. The summed E-state index contributed by atoms with van der Waals surface area (Å²) in [5.74, 6) is -1.57. The molecule has 5 heteroatoms. The highest BCUT2D eigenvalue weighted by molar-refractivity contribution is 5.93. The van der Waals surface area contributed by atoms with Crippen molar-refractivity contribution in [2.45, 2.75) is 26.3 Å². The molecule has 4 nitrogen and oxygen atoms in total. The Balaban J connectivity index is 2.24. The van der Waals surface area contributed by atoms with Crippen molar-refractivity contribution in [2.24, 2.45) is 5.41 Å².